The van der Waals surface area contributed by atoms with Crippen molar-refractivity contribution in [2.45, 2.75) is 46.3 Å². The zero-order chi connectivity index (χ0) is 11.2. The van der Waals surface area contributed by atoms with Crippen molar-refractivity contribution in [2.24, 2.45) is 5.92 Å². The monoisotopic (exact) mass is 219 g/mol. The van der Waals surface area contributed by atoms with Gasteiger partial charge in [-0.1, -0.05) is 13.8 Å². The summed E-state index contributed by atoms with van der Waals surface area (Å²) in [6, 6.07) is 0.477. The fraction of sp³-hybridized carbons (Fsp3) is 1.00. The van der Waals surface area contributed by atoms with Gasteiger partial charge in [-0.25, -0.2) is 0 Å². The smallest absolute Gasteiger partial charge is 0.0715 e. The molecule has 14 heavy (non-hydrogen) atoms. The van der Waals surface area contributed by atoms with E-state index in [1.54, 1.807) is 0 Å². The maximum atomic E-state index is 9.51. The minimum absolute atomic E-state index is 0.477. The Kier molecular flexibility index (Phi) is 6.83. The molecule has 1 atom stereocenters. The molecule has 0 aromatic carbocycles. The molecule has 0 aliphatic carbocycles. The van der Waals surface area contributed by atoms with Gasteiger partial charge in [0.15, 0.2) is 0 Å². The average Bonchev–Trinajstić information content (AvgIpc) is 1.99. The van der Waals surface area contributed by atoms with Crippen LogP contribution in [0.1, 0.15) is 34.6 Å². The quantitative estimate of drug-likeness (QED) is 0.688. The molecule has 0 aliphatic rings. The van der Waals surface area contributed by atoms with Crippen LogP contribution in [0, 0.1) is 5.92 Å². The largest absolute Gasteiger partial charge is 0.389 e. The molecular weight excluding hydrogens is 194 g/mol. The van der Waals surface area contributed by atoms with Crippen LogP contribution in [0.4, 0.5) is 0 Å². The molecular formula is C11H25NOS. The van der Waals surface area contributed by atoms with Crippen molar-refractivity contribution in [3.63, 3.8) is 0 Å². The molecule has 0 aliphatic heterocycles. The van der Waals surface area contributed by atoms with Gasteiger partial charge in [-0.15, -0.1) is 0 Å². The highest BCUT2D eigenvalue weighted by Gasteiger charge is 2.13. The first kappa shape index (κ1) is 14.3. The van der Waals surface area contributed by atoms with Crippen LogP contribution in [-0.4, -0.2) is 34.8 Å². The zero-order valence-electron chi connectivity index (χ0n) is 10.1. The van der Waals surface area contributed by atoms with Gasteiger partial charge in [0.2, 0.25) is 0 Å². The maximum Gasteiger partial charge on any atom is 0.0715 e. The predicted octanol–water partition coefficient (Wildman–Crippen LogP) is 2.12. The fourth-order valence-corrected chi connectivity index (χ4v) is 2.04. The fourth-order valence-electron chi connectivity index (χ4n) is 0.963. The van der Waals surface area contributed by atoms with Gasteiger partial charge < -0.3 is 10.4 Å². The highest BCUT2D eigenvalue weighted by molar-refractivity contribution is 7.99. The van der Waals surface area contributed by atoms with E-state index < -0.39 is 5.60 Å². The Bertz CT molecular complexity index is 143. The Labute approximate surface area is 92.9 Å². The Balaban J connectivity index is 3.42. The van der Waals surface area contributed by atoms with Crippen molar-refractivity contribution in [3.8, 4) is 0 Å². The van der Waals surface area contributed by atoms with Crippen LogP contribution >= 0.6 is 11.8 Å². The van der Waals surface area contributed by atoms with Gasteiger partial charge in [0.1, 0.15) is 0 Å². The topological polar surface area (TPSA) is 32.3 Å². The first-order chi connectivity index (χ1) is 6.31. The molecule has 0 amide bonds. The third-order valence-corrected chi connectivity index (χ3v) is 3.34. The van der Waals surface area contributed by atoms with E-state index >= 15 is 0 Å². The summed E-state index contributed by atoms with van der Waals surface area (Å²) < 4.78 is 0. The third kappa shape index (κ3) is 10.4. The highest BCUT2D eigenvalue weighted by Crippen LogP contribution is 2.09. The molecule has 0 spiro atoms. The van der Waals surface area contributed by atoms with Crippen molar-refractivity contribution < 1.29 is 5.11 Å². The first-order valence-corrected chi connectivity index (χ1v) is 6.50. The SMILES string of the molecule is CC(C)CSCC(C)NCC(C)(C)O. The second kappa shape index (κ2) is 6.70. The molecule has 0 saturated carbocycles. The molecule has 3 heteroatoms. The van der Waals surface area contributed by atoms with E-state index in [1.165, 1.54) is 5.75 Å². The Hall–Kier alpha value is 0.270. The standard InChI is InChI=1S/C11H25NOS/c1-9(2)6-14-7-10(3)12-8-11(4,5)13/h9-10,12-13H,6-8H2,1-5H3. The molecule has 1 unspecified atom stereocenters. The normalized spacial score (nSPS) is 14.8. The van der Waals surface area contributed by atoms with Crippen LogP contribution in [0.15, 0.2) is 0 Å². The number of thioether (sulfide) groups is 1. The lowest BCUT2D eigenvalue weighted by Gasteiger charge is -2.21. The molecule has 0 fully saturated rings. The summed E-state index contributed by atoms with van der Waals surface area (Å²) in [6.07, 6.45) is 0. The van der Waals surface area contributed by atoms with Crippen LogP contribution < -0.4 is 5.32 Å². The van der Waals surface area contributed by atoms with Gasteiger partial charge in [0, 0.05) is 18.3 Å². The number of rotatable bonds is 7. The second-order valence-electron chi connectivity index (χ2n) is 5.03. The molecule has 0 aromatic rings. The van der Waals surface area contributed by atoms with Crippen molar-refractivity contribution in [2.75, 3.05) is 18.1 Å². The van der Waals surface area contributed by atoms with E-state index in [-0.39, 0.29) is 0 Å². The van der Waals surface area contributed by atoms with Crippen molar-refractivity contribution in [1.29, 1.82) is 0 Å². The summed E-state index contributed by atoms with van der Waals surface area (Å²) >= 11 is 1.98. The van der Waals surface area contributed by atoms with Crippen molar-refractivity contribution >= 4 is 11.8 Å². The van der Waals surface area contributed by atoms with E-state index in [0.717, 1.165) is 11.7 Å². The summed E-state index contributed by atoms with van der Waals surface area (Å²) in [5.74, 6) is 3.10. The van der Waals surface area contributed by atoms with Gasteiger partial charge in [-0.05, 0) is 32.4 Å². The van der Waals surface area contributed by atoms with Gasteiger partial charge >= 0.3 is 0 Å². The van der Waals surface area contributed by atoms with E-state index in [1.807, 2.05) is 25.6 Å². The van der Waals surface area contributed by atoms with E-state index in [4.69, 9.17) is 0 Å². The molecule has 0 bridgehead atoms. The number of aliphatic hydroxyl groups is 1. The van der Waals surface area contributed by atoms with Crippen molar-refractivity contribution in [3.05, 3.63) is 0 Å². The second-order valence-corrected chi connectivity index (χ2v) is 6.10. The van der Waals surface area contributed by atoms with Crippen LogP contribution in [-0.2, 0) is 0 Å². The summed E-state index contributed by atoms with van der Waals surface area (Å²) in [5, 5.41) is 12.8. The van der Waals surface area contributed by atoms with Gasteiger partial charge in [-0.2, -0.15) is 11.8 Å². The Morgan fingerprint density at radius 2 is 1.79 bits per heavy atom. The lowest BCUT2D eigenvalue weighted by molar-refractivity contribution is 0.0778. The van der Waals surface area contributed by atoms with E-state index in [0.29, 0.717) is 12.6 Å². The highest BCUT2D eigenvalue weighted by atomic mass is 32.2. The van der Waals surface area contributed by atoms with E-state index in [2.05, 4.69) is 26.1 Å². The minimum atomic E-state index is -0.600. The predicted molar refractivity (Wildman–Crippen MR) is 65.9 cm³/mol. The molecule has 0 saturated heterocycles. The Morgan fingerprint density at radius 3 is 2.21 bits per heavy atom. The van der Waals surface area contributed by atoms with E-state index in [9.17, 15) is 5.11 Å². The minimum Gasteiger partial charge on any atom is -0.389 e. The van der Waals surface area contributed by atoms with Gasteiger partial charge in [0.05, 0.1) is 5.60 Å². The average molecular weight is 219 g/mol. The molecule has 86 valence electrons. The van der Waals surface area contributed by atoms with Crippen molar-refractivity contribution in [1.82, 2.24) is 5.32 Å². The molecule has 0 radical (unpaired) electrons. The summed E-state index contributed by atoms with van der Waals surface area (Å²) in [5.41, 5.74) is -0.600. The Morgan fingerprint density at radius 1 is 1.21 bits per heavy atom. The lowest BCUT2D eigenvalue weighted by atomic mass is 10.1. The number of hydrogen-bond donors (Lipinski definition) is 2. The van der Waals surface area contributed by atoms with Crippen LogP contribution in [0.5, 0.6) is 0 Å². The summed E-state index contributed by atoms with van der Waals surface area (Å²) in [4.78, 5) is 0. The summed E-state index contributed by atoms with van der Waals surface area (Å²) in [7, 11) is 0. The third-order valence-electron chi connectivity index (χ3n) is 1.70. The van der Waals surface area contributed by atoms with Crippen LogP contribution in [0.25, 0.3) is 0 Å². The molecule has 0 aromatic heterocycles. The number of hydrogen-bond acceptors (Lipinski definition) is 3. The van der Waals surface area contributed by atoms with Gasteiger partial charge in [-0.3, -0.25) is 0 Å². The van der Waals surface area contributed by atoms with Crippen LogP contribution in [0.2, 0.25) is 0 Å². The van der Waals surface area contributed by atoms with Crippen LogP contribution in [0.3, 0.4) is 0 Å². The number of nitrogens with one attached hydrogen (secondary N) is 1. The van der Waals surface area contributed by atoms with Gasteiger partial charge in [0.25, 0.3) is 0 Å². The lowest BCUT2D eigenvalue weighted by Crippen LogP contribution is -2.40. The maximum absolute atomic E-state index is 9.51. The molecule has 0 rings (SSSR count). The first-order valence-electron chi connectivity index (χ1n) is 5.35. The summed E-state index contributed by atoms with van der Waals surface area (Å²) in [6.45, 7) is 11.0. The molecule has 2 N–H and O–H groups in total. The molecule has 2 nitrogen and oxygen atoms in total. The zero-order valence-corrected chi connectivity index (χ0v) is 10.9. The molecule has 0 heterocycles.